The Balaban J connectivity index is 1.76. The molecule has 0 spiro atoms. The van der Waals surface area contributed by atoms with Crippen LogP contribution in [-0.2, 0) is 24.8 Å². The molecule has 0 radical (unpaired) electrons. The third kappa shape index (κ3) is 5.08. The molecule has 0 aliphatic carbocycles. The van der Waals surface area contributed by atoms with E-state index in [0.29, 0.717) is 13.1 Å². The number of amides is 1. The lowest BCUT2D eigenvalue weighted by Gasteiger charge is -2.16. The van der Waals surface area contributed by atoms with Crippen LogP contribution < -0.4 is 5.32 Å². The Hall–Kier alpha value is -1.85. The second-order valence-electron chi connectivity index (χ2n) is 6.17. The van der Waals surface area contributed by atoms with Crippen LogP contribution in [0.1, 0.15) is 22.5 Å². The second kappa shape index (κ2) is 8.31. The summed E-state index contributed by atoms with van der Waals surface area (Å²) in [5, 5.41) is 8.10. The summed E-state index contributed by atoms with van der Waals surface area (Å²) >= 11 is 5.86. The van der Waals surface area contributed by atoms with Crippen LogP contribution in [0.4, 0.5) is 0 Å². The molecule has 0 bridgehead atoms. The zero-order valence-corrected chi connectivity index (χ0v) is 15.5. The van der Waals surface area contributed by atoms with Crippen molar-refractivity contribution in [1.82, 2.24) is 20.0 Å². The van der Waals surface area contributed by atoms with Crippen LogP contribution in [0.5, 0.6) is 0 Å². The highest BCUT2D eigenvalue weighted by Gasteiger charge is 2.13. The van der Waals surface area contributed by atoms with Gasteiger partial charge in [0.15, 0.2) is 0 Å². The maximum atomic E-state index is 12.1. The Bertz CT molecular complexity index is 694. The first kappa shape index (κ1) is 18.5. The van der Waals surface area contributed by atoms with Gasteiger partial charge in [0, 0.05) is 36.4 Å². The van der Waals surface area contributed by atoms with Gasteiger partial charge in [0.05, 0.1) is 12.2 Å². The maximum absolute atomic E-state index is 12.1. The molecule has 0 fully saturated rings. The smallest absolute Gasteiger partial charge is 0.234 e. The Kier molecular flexibility index (Phi) is 6.40. The summed E-state index contributed by atoms with van der Waals surface area (Å²) in [7, 11) is 3.89. The van der Waals surface area contributed by atoms with Crippen LogP contribution in [0, 0.1) is 13.8 Å². The number of halogens is 1. The van der Waals surface area contributed by atoms with Crippen molar-refractivity contribution < 1.29 is 4.79 Å². The summed E-state index contributed by atoms with van der Waals surface area (Å²) < 4.78 is 1.88. The molecule has 24 heavy (non-hydrogen) atoms. The molecule has 1 aromatic carbocycles. The standard InChI is InChI=1S/C18H25ClN4O/c1-13-17(14(2)23(4)21-13)11-22(3)12-18(24)20-10-9-15-5-7-16(19)8-6-15/h5-8H,9-12H2,1-4H3,(H,20,24). The van der Waals surface area contributed by atoms with Crippen molar-refractivity contribution >= 4 is 17.5 Å². The lowest BCUT2D eigenvalue weighted by atomic mass is 10.1. The van der Waals surface area contributed by atoms with Crippen LogP contribution in [0.15, 0.2) is 24.3 Å². The van der Waals surface area contributed by atoms with Gasteiger partial charge in [-0.2, -0.15) is 5.10 Å². The van der Waals surface area contributed by atoms with Crippen molar-refractivity contribution in [2.24, 2.45) is 7.05 Å². The first-order chi connectivity index (χ1) is 11.4. The van der Waals surface area contributed by atoms with E-state index in [1.165, 1.54) is 5.56 Å². The van der Waals surface area contributed by atoms with Gasteiger partial charge in [0.2, 0.25) is 5.91 Å². The van der Waals surface area contributed by atoms with E-state index in [0.717, 1.165) is 34.9 Å². The van der Waals surface area contributed by atoms with Crippen molar-refractivity contribution in [2.45, 2.75) is 26.8 Å². The van der Waals surface area contributed by atoms with E-state index >= 15 is 0 Å². The number of likely N-dealkylation sites (N-methyl/N-ethyl adjacent to an activating group) is 1. The van der Waals surface area contributed by atoms with Crippen molar-refractivity contribution in [3.05, 3.63) is 51.8 Å². The first-order valence-electron chi connectivity index (χ1n) is 8.05. The molecule has 0 saturated heterocycles. The molecule has 2 rings (SSSR count). The topological polar surface area (TPSA) is 50.2 Å². The van der Waals surface area contributed by atoms with Crippen molar-refractivity contribution in [1.29, 1.82) is 0 Å². The van der Waals surface area contributed by atoms with Crippen LogP contribution in [0.3, 0.4) is 0 Å². The number of benzene rings is 1. The zero-order chi connectivity index (χ0) is 17.7. The molecular weight excluding hydrogens is 324 g/mol. The molecule has 1 aromatic heterocycles. The molecule has 0 aliphatic rings. The van der Waals surface area contributed by atoms with E-state index in [4.69, 9.17) is 11.6 Å². The molecule has 1 amide bonds. The third-order valence-corrected chi connectivity index (χ3v) is 4.40. The van der Waals surface area contributed by atoms with E-state index in [1.54, 1.807) is 0 Å². The molecule has 0 atom stereocenters. The number of nitrogens with zero attached hydrogens (tertiary/aromatic N) is 3. The predicted octanol–water partition coefficient (Wildman–Crippen LogP) is 2.48. The lowest BCUT2D eigenvalue weighted by Crippen LogP contribution is -2.36. The number of carbonyl (C=O) groups excluding carboxylic acids is 1. The second-order valence-corrected chi connectivity index (χ2v) is 6.61. The van der Waals surface area contributed by atoms with Gasteiger partial charge < -0.3 is 5.32 Å². The van der Waals surface area contributed by atoms with Gasteiger partial charge in [-0.05, 0) is 45.0 Å². The van der Waals surface area contributed by atoms with Crippen LogP contribution in [-0.4, -0.2) is 40.7 Å². The minimum absolute atomic E-state index is 0.0330. The summed E-state index contributed by atoms with van der Waals surface area (Å²) in [6, 6.07) is 7.69. The predicted molar refractivity (Wildman–Crippen MR) is 97.2 cm³/mol. The molecule has 5 nitrogen and oxygen atoms in total. The molecule has 2 aromatic rings. The minimum Gasteiger partial charge on any atom is -0.355 e. The van der Waals surface area contributed by atoms with Crippen LogP contribution >= 0.6 is 11.6 Å². The van der Waals surface area contributed by atoms with Gasteiger partial charge in [-0.15, -0.1) is 0 Å². The zero-order valence-electron chi connectivity index (χ0n) is 14.8. The van der Waals surface area contributed by atoms with E-state index in [2.05, 4.69) is 17.3 Å². The fraction of sp³-hybridized carbons (Fsp3) is 0.444. The highest BCUT2D eigenvalue weighted by molar-refractivity contribution is 6.30. The number of nitrogens with one attached hydrogen (secondary N) is 1. The molecule has 1 N–H and O–H groups in total. The summed E-state index contributed by atoms with van der Waals surface area (Å²) in [5.74, 6) is 0.0330. The Labute approximate surface area is 148 Å². The number of carbonyl (C=O) groups is 1. The molecule has 0 saturated carbocycles. The maximum Gasteiger partial charge on any atom is 0.234 e. The average Bonchev–Trinajstić information content (AvgIpc) is 2.75. The van der Waals surface area contributed by atoms with Crippen molar-refractivity contribution in [2.75, 3.05) is 20.1 Å². The summed E-state index contributed by atoms with van der Waals surface area (Å²) in [5.41, 5.74) is 4.51. The third-order valence-electron chi connectivity index (χ3n) is 4.15. The average molecular weight is 349 g/mol. The Morgan fingerprint density at radius 3 is 2.54 bits per heavy atom. The van der Waals surface area contributed by atoms with Crippen LogP contribution in [0.25, 0.3) is 0 Å². The molecular formula is C18H25ClN4O. The molecule has 6 heteroatoms. The van der Waals surface area contributed by atoms with Gasteiger partial charge >= 0.3 is 0 Å². The number of hydrogen-bond acceptors (Lipinski definition) is 3. The largest absolute Gasteiger partial charge is 0.355 e. The summed E-state index contributed by atoms with van der Waals surface area (Å²) in [6.45, 7) is 5.77. The quantitative estimate of drug-likeness (QED) is 0.836. The van der Waals surface area contributed by atoms with Gasteiger partial charge in [-0.25, -0.2) is 0 Å². The van der Waals surface area contributed by atoms with E-state index < -0.39 is 0 Å². The van der Waals surface area contributed by atoms with Gasteiger partial charge in [0.25, 0.3) is 0 Å². The molecule has 130 valence electrons. The number of rotatable bonds is 7. The summed E-state index contributed by atoms with van der Waals surface area (Å²) in [6.07, 6.45) is 0.799. The normalized spacial score (nSPS) is 11.1. The molecule has 0 unspecified atom stereocenters. The fourth-order valence-corrected chi connectivity index (χ4v) is 2.80. The molecule has 0 aliphatic heterocycles. The van der Waals surface area contributed by atoms with Crippen LogP contribution in [0.2, 0.25) is 5.02 Å². The van der Waals surface area contributed by atoms with Gasteiger partial charge in [-0.3, -0.25) is 14.4 Å². The number of aromatic nitrogens is 2. The highest BCUT2D eigenvalue weighted by Crippen LogP contribution is 2.13. The number of aryl methyl sites for hydroxylation is 2. The lowest BCUT2D eigenvalue weighted by molar-refractivity contribution is -0.122. The van der Waals surface area contributed by atoms with Gasteiger partial charge in [0.1, 0.15) is 0 Å². The van der Waals surface area contributed by atoms with E-state index in [9.17, 15) is 4.79 Å². The Morgan fingerprint density at radius 2 is 1.96 bits per heavy atom. The molecule has 1 heterocycles. The number of hydrogen-bond donors (Lipinski definition) is 1. The van der Waals surface area contributed by atoms with Gasteiger partial charge in [-0.1, -0.05) is 23.7 Å². The Morgan fingerprint density at radius 1 is 1.29 bits per heavy atom. The van der Waals surface area contributed by atoms with E-state index in [1.807, 2.05) is 54.9 Å². The fourth-order valence-electron chi connectivity index (χ4n) is 2.67. The van der Waals surface area contributed by atoms with E-state index in [-0.39, 0.29) is 5.91 Å². The first-order valence-corrected chi connectivity index (χ1v) is 8.43. The van der Waals surface area contributed by atoms with Crippen molar-refractivity contribution in [3.63, 3.8) is 0 Å². The van der Waals surface area contributed by atoms with Crippen molar-refractivity contribution in [3.8, 4) is 0 Å². The summed E-state index contributed by atoms with van der Waals surface area (Å²) in [4.78, 5) is 14.1. The highest BCUT2D eigenvalue weighted by atomic mass is 35.5. The SMILES string of the molecule is Cc1nn(C)c(C)c1CN(C)CC(=O)NCCc1ccc(Cl)cc1. The monoisotopic (exact) mass is 348 g/mol. The minimum atomic E-state index is 0.0330.